The number of rotatable bonds is 5. The van der Waals surface area contributed by atoms with Crippen LogP contribution < -0.4 is 5.32 Å². The van der Waals surface area contributed by atoms with E-state index in [1.54, 1.807) is 12.1 Å². The molecular weight excluding hydrogens is 368 g/mol. The molecule has 0 saturated carbocycles. The van der Waals surface area contributed by atoms with Crippen molar-refractivity contribution in [3.05, 3.63) is 64.0 Å². The van der Waals surface area contributed by atoms with Crippen molar-refractivity contribution in [3.8, 4) is 0 Å². The average molecular weight is 379 g/mol. The molecule has 2 aromatic heterocycles. The highest BCUT2D eigenvalue weighted by molar-refractivity contribution is 9.10. The third-order valence-corrected chi connectivity index (χ3v) is 3.94. The van der Waals surface area contributed by atoms with Gasteiger partial charge in [0.1, 0.15) is 6.61 Å². The van der Waals surface area contributed by atoms with Gasteiger partial charge in [0.15, 0.2) is 9.80 Å². The number of hydrogen-bond donors (Lipinski definition) is 1. The molecule has 0 saturated heterocycles. The lowest BCUT2D eigenvalue weighted by molar-refractivity contribution is 0.0430. The van der Waals surface area contributed by atoms with E-state index in [0.717, 1.165) is 10.8 Å². The molecule has 0 fully saturated rings. The normalized spacial score (nSPS) is 10.4. The smallest absolute Gasteiger partial charge is 0.374 e. The summed E-state index contributed by atoms with van der Waals surface area (Å²) in [7, 11) is 0. The molecule has 1 aromatic carbocycles. The van der Waals surface area contributed by atoms with E-state index in [4.69, 9.17) is 9.15 Å². The minimum atomic E-state index is -0.517. The van der Waals surface area contributed by atoms with Crippen LogP contribution >= 0.6 is 27.3 Å². The van der Waals surface area contributed by atoms with Gasteiger partial charge in [-0.3, -0.25) is 0 Å². The monoisotopic (exact) mass is 378 g/mol. The highest BCUT2D eigenvalue weighted by atomic mass is 79.9. The van der Waals surface area contributed by atoms with Crippen molar-refractivity contribution in [3.63, 3.8) is 0 Å². The Morgan fingerprint density at radius 2 is 2.09 bits per heavy atom. The number of nitrogens with zero attached hydrogens (tertiary/aromatic N) is 1. The molecule has 0 atom stereocenters. The van der Waals surface area contributed by atoms with Crippen LogP contribution in [0.2, 0.25) is 0 Å². The van der Waals surface area contributed by atoms with Crippen LogP contribution in [0.1, 0.15) is 16.2 Å². The lowest BCUT2D eigenvalue weighted by Gasteiger charge is -2.01. The van der Waals surface area contributed by atoms with Crippen molar-refractivity contribution in [2.75, 3.05) is 5.32 Å². The van der Waals surface area contributed by atoms with Gasteiger partial charge in [0.05, 0.1) is 5.69 Å². The Kier molecular flexibility index (Phi) is 4.55. The fraction of sp³-hybridized carbons (Fsp3) is 0.0667. The van der Waals surface area contributed by atoms with Crippen LogP contribution in [-0.2, 0) is 11.3 Å². The number of nitrogens with one attached hydrogen (secondary N) is 1. The maximum absolute atomic E-state index is 11.8. The summed E-state index contributed by atoms with van der Waals surface area (Å²) in [4.78, 5) is 16.1. The molecule has 2 heterocycles. The Hall–Kier alpha value is -2.12. The second kappa shape index (κ2) is 6.76. The number of anilines is 2. The molecular formula is C15H11BrN2O3S. The molecule has 3 rings (SSSR count). The summed E-state index contributed by atoms with van der Waals surface area (Å²) in [6, 6.07) is 12.9. The number of furan rings is 1. The molecule has 0 aliphatic carbocycles. The summed E-state index contributed by atoms with van der Waals surface area (Å²) in [6.07, 6.45) is 0. The Morgan fingerprint density at radius 1 is 1.27 bits per heavy atom. The summed E-state index contributed by atoms with van der Waals surface area (Å²) < 4.78 is 10.8. The Bertz CT molecular complexity index is 770. The number of hydrogen-bond acceptors (Lipinski definition) is 6. The first-order chi connectivity index (χ1) is 10.7. The van der Waals surface area contributed by atoms with Crippen LogP contribution in [0.15, 0.2) is 56.9 Å². The van der Waals surface area contributed by atoms with E-state index in [1.807, 2.05) is 35.7 Å². The number of carbonyl (C=O) groups excluding carboxylic acids is 1. The average Bonchev–Trinajstić information content (AvgIpc) is 3.15. The highest BCUT2D eigenvalue weighted by Gasteiger charge is 2.13. The first kappa shape index (κ1) is 14.8. The molecule has 0 unspecified atom stereocenters. The first-order valence-corrected chi connectivity index (χ1v) is 8.07. The number of esters is 1. The molecule has 7 heteroatoms. The fourth-order valence-corrected chi connectivity index (χ4v) is 2.73. The summed E-state index contributed by atoms with van der Waals surface area (Å²) in [5.41, 5.74) is 1.64. The molecule has 5 nitrogen and oxygen atoms in total. The van der Waals surface area contributed by atoms with Crippen molar-refractivity contribution in [1.82, 2.24) is 4.98 Å². The molecule has 0 radical (unpaired) electrons. The molecule has 3 aromatic rings. The zero-order valence-electron chi connectivity index (χ0n) is 11.3. The van der Waals surface area contributed by atoms with Crippen molar-refractivity contribution in [2.24, 2.45) is 0 Å². The molecule has 0 aliphatic heterocycles. The standard InChI is InChI=1S/C15H11BrN2O3S/c16-13-7-6-12(21-13)14(19)20-8-11-9-22-15(18-11)17-10-4-2-1-3-5-10/h1-7,9H,8H2,(H,17,18). The number of ether oxygens (including phenoxy) is 1. The van der Waals surface area contributed by atoms with Gasteiger partial charge < -0.3 is 14.5 Å². The van der Waals surface area contributed by atoms with Gasteiger partial charge in [-0.15, -0.1) is 11.3 Å². The summed E-state index contributed by atoms with van der Waals surface area (Å²) in [5.74, 6) is -0.360. The third kappa shape index (κ3) is 3.75. The van der Waals surface area contributed by atoms with E-state index in [1.165, 1.54) is 11.3 Å². The minimum absolute atomic E-state index is 0.101. The SMILES string of the molecule is O=C(OCc1csc(Nc2ccccc2)n1)c1ccc(Br)o1. The van der Waals surface area contributed by atoms with E-state index < -0.39 is 5.97 Å². The van der Waals surface area contributed by atoms with E-state index in [-0.39, 0.29) is 12.4 Å². The molecule has 1 N–H and O–H groups in total. The van der Waals surface area contributed by atoms with Crippen LogP contribution in [0.4, 0.5) is 10.8 Å². The second-order valence-electron chi connectivity index (χ2n) is 4.31. The van der Waals surface area contributed by atoms with Gasteiger partial charge in [0, 0.05) is 11.1 Å². The van der Waals surface area contributed by atoms with Crippen LogP contribution in [-0.4, -0.2) is 11.0 Å². The van der Waals surface area contributed by atoms with Crippen LogP contribution in [0.25, 0.3) is 0 Å². The molecule has 112 valence electrons. The van der Waals surface area contributed by atoms with Gasteiger partial charge in [-0.05, 0) is 40.2 Å². The zero-order valence-corrected chi connectivity index (χ0v) is 13.7. The van der Waals surface area contributed by atoms with Gasteiger partial charge in [-0.1, -0.05) is 18.2 Å². The Labute approximate surface area is 139 Å². The maximum Gasteiger partial charge on any atom is 0.374 e. The molecule has 0 spiro atoms. The number of aromatic nitrogens is 1. The highest BCUT2D eigenvalue weighted by Crippen LogP contribution is 2.21. The lowest BCUT2D eigenvalue weighted by atomic mass is 10.3. The summed E-state index contributed by atoms with van der Waals surface area (Å²) >= 11 is 4.59. The Balaban J connectivity index is 1.57. The van der Waals surface area contributed by atoms with E-state index in [2.05, 4.69) is 26.2 Å². The zero-order chi connectivity index (χ0) is 15.4. The van der Waals surface area contributed by atoms with Crippen LogP contribution in [0, 0.1) is 0 Å². The van der Waals surface area contributed by atoms with Crippen molar-refractivity contribution >= 4 is 44.1 Å². The summed E-state index contributed by atoms with van der Waals surface area (Å²) in [6.45, 7) is 0.101. The van der Waals surface area contributed by atoms with Gasteiger partial charge >= 0.3 is 5.97 Å². The topological polar surface area (TPSA) is 64.4 Å². The van der Waals surface area contributed by atoms with E-state index in [0.29, 0.717) is 10.4 Å². The second-order valence-corrected chi connectivity index (χ2v) is 5.95. The maximum atomic E-state index is 11.8. The quantitative estimate of drug-likeness (QED) is 0.657. The number of carbonyl (C=O) groups is 1. The van der Waals surface area contributed by atoms with Gasteiger partial charge in [-0.25, -0.2) is 9.78 Å². The lowest BCUT2D eigenvalue weighted by Crippen LogP contribution is -2.04. The molecule has 0 bridgehead atoms. The number of halogens is 1. The number of para-hydroxylation sites is 1. The predicted octanol–water partition coefficient (Wildman–Crippen LogP) is 4.60. The summed E-state index contributed by atoms with van der Waals surface area (Å²) in [5, 5.41) is 5.78. The largest absolute Gasteiger partial charge is 0.453 e. The van der Waals surface area contributed by atoms with Crippen molar-refractivity contribution in [2.45, 2.75) is 6.61 Å². The van der Waals surface area contributed by atoms with Crippen LogP contribution in [0.5, 0.6) is 0 Å². The predicted molar refractivity (Wildman–Crippen MR) is 87.4 cm³/mol. The van der Waals surface area contributed by atoms with Gasteiger partial charge in [0.25, 0.3) is 0 Å². The minimum Gasteiger partial charge on any atom is -0.453 e. The molecule has 22 heavy (non-hydrogen) atoms. The van der Waals surface area contributed by atoms with Crippen molar-refractivity contribution in [1.29, 1.82) is 0 Å². The fourth-order valence-electron chi connectivity index (χ4n) is 1.71. The van der Waals surface area contributed by atoms with Crippen molar-refractivity contribution < 1.29 is 13.9 Å². The van der Waals surface area contributed by atoms with Gasteiger partial charge in [-0.2, -0.15) is 0 Å². The molecule has 0 aliphatic rings. The number of thiazole rings is 1. The number of benzene rings is 1. The van der Waals surface area contributed by atoms with Gasteiger partial charge in [0.2, 0.25) is 5.76 Å². The third-order valence-electron chi connectivity index (χ3n) is 2.70. The van der Waals surface area contributed by atoms with Crippen LogP contribution in [0.3, 0.4) is 0 Å². The Morgan fingerprint density at radius 3 is 2.82 bits per heavy atom. The first-order valence-electron chi connectivity index (χ1n) is 6.39. The molecule has 0 amide bonds. The van der Waals surface area contributed by atoms with E-state index in [9.17, 15) is 4.79 Å². The van der Waals surface area contributed by atoms with E-state index >= 15 is 0 Å².